The lowest BCUT2D eigenvalue weighted by atomic mass is 10.1. The van der Waals surface area contributed by atoms with E-state index in [1.54, 1.807) is 11.8 Å². The molecule has 0 aromatic heterocycles. The molecule has 21 heavy (non-hydrogen) atoms. The molecule has 0 aliphatic heterocycles. The number of carboxylic acids is 1. The summed E-state index contributed by atoms with van der Waals surface area (Å²) in [7, 11) is 0. The van der Waals surface area contributed by atoms with E-state index in [1.165, 1.54) is 12.8 Å². The van der Waals surface area contributed by atoms with Crippen LogP contribution >= 0.6 is 0 Å². The van der Waals surface area contributed by atoms with Gasteiger partial charge < -0.3 is 15.5 Å². The first kappa shape index (κ1) is 19.9. The fourth-order valence-corrected chi connectivity index (χ4v) is 2.01. The minimum atomic E-state index is -0.929. The van der Waals surface area contributed by atoms with Crippen LogP contribution < -0.4 is 5.32 Å². The summed E-state index contributed by atoms with van der Waals surface area (Å²) in [6.07, 6.45) is 6.44. The Kier molecular flexibility index (Phi) is 11.9. The highest BCUT2D eigenvalue weighted by Gasteiger charge is 2.20. The van der Waals surface area contributed by atoms with E-state index in [4.69, 9.17) is 10.2 Å². The number of carbonyl (C=O) groups is 2. The molecule has 0 aromatic carbocycles. The van der Waals surface area contributed by atoms with Crippen LogP contribution in [0.1, 0.15) is 58.8 Å². The summed E-state index contributed by atoms with van der Waals surface area (Å²) < 4.78 is 0. The third-order valence-corrected chi connectivity index (χ3v) is 3.50. The van der Waals surface area contributed by atoms with Crippen molar-refractivity contribution in [2.45, 2.75) is 64.8 Å². The van der Waals surface area contributed by atoms with Crippen molar-refractivity contribution in [3.8, 4) is 0 Å². The largest absolute Gasteiger partial charge is 0.480 e. The van der Waals surface area contributed by atoms with E-state index in [0.717, 1.165) is 19.3 Å². The number of carbonyl (C=O) groups excluding carboxylic acids is 1. The number of carboxylic acid groups (broad SMARTS) is 1. The van der Waals surface area contributed by atoms with Crippen molar-refractivity contribution in [1.29, 1.82) is 0 Å². The third kappa shape index (κ3) is 10.3. The third-order valence-electron chi connectivity index (χ3n) is 3.50. The number of nitrogens with zero attached hydrogens (tertiary/aromatic N) is 1. The van der Waals surface area contributed by atoms with Crippen LogP contribution in [-0.4, -0.2) is 52.9 Å². The van der Waals surface area contributed by atoms with Crippen molar-refractivity contribution in [2.75, 3.05) is 19.8 Å². The van der Waals surface area contributed by atoms with Gasteiger partial charge in [-0.1, -0.05) is 32.6 Å². The Morgan fingerprint density at radius 2 is 1.81 bits per heavy atom. The molecule has 1 unspecified atom stereocenters. The molecule has 0 aliphatic rings. The molecule has 0 fully saturated rings. The number of nitrogens with one attached hydrogen (secondary N) is 1. The van der Waals surface area contributed by atoms with Gasteiger partial charge in [0.2, 0.25) is 5.91 Å². The molecule has 3 N–H and O–H groups in total. The summed E-state index contributed by atoms with van der Waals surface area (Å²) in [5, 5.41) is 20.6. The number of aliphatic carboxylic acids is 1. The molecular weight excluding hydrogens is 272 g/mol. The first-order chi connectivity index (χ1) is 10.0. The highest BCUT2D eigenvalue weighted by Crippen LogP contribution is 2.05. The zero-order chi connectivity index (χ0) is 16.1. The molecule has 0 radical (unpaired) electrons. The molecule has 1 amide bonds. The maximum atomic E-state index is 11.7. The standard InChI is InChI=1S/C15H30N2O4/c1-3-4-5-6-7-9-14(19)16-12-17(10-8-11-18)13(2)15(20)21/h13,18H,3-12H2,1-2H3,(H,16,19)(H,20,21). The summed E-state index contributed by atoms with van der Waals surface area (Å²) in [5.74, 6) is -0.972. The highest BCUT2D eigenvalue weighted by molar-refractivity contribution is 5.76. The molecule has 1 atom stereocenters. The monoisotopic (exact) mass is 302 g/mol. The van der Waals surface area contributed by atoms with Gasteiger partial charge >= 0.3 is 5.97 Å². The fraction of sp³-hybridized carbons (Fsp3) is 0.867. The molecule has 0 saturated carbocycles. The predicted octanol–water partition coefficient (Wildman–Crippen LogP) is 1.58. The lowest BCUT2D eigenvalue weighted by Gasteiger charge is -2.26. The normalized spacial score (nSPS) is 12.4. The molecule has 6 heteroatoms. The molecule has 6 nitrogen and oxygen atoms in total. The van der Waals surface area contributed by atoms with E-state index in [-0.39, 0.29) is 19.2 Å². The molecule has 0 heterocycles. The lowest BCUT2D eigenvalue weighted by molar-refractivity contribution is -0.143. The van der Waals surface area contributed by atoms with Crippen LogP contribution in [-0.2, 0) is 9.59 Å². The first-order valence-corrected chi connectivity index (χ1v) is 7.87. The van der Waals surface area contributed by atoms with Crippen LogP contribution in [0.4, 0.5) is 0 Å². The maximum Gasteiger partial charge on any atom is 0.320 e. The zero-order valence-corrected chi connectivity index (χ0v) is 13.3. The van der Waals surface area contributed by atoms with Crippen molar-refractivity contribution in [3.05, 3.63) is 0 Å². The van der Waals surface area contributed by atoms with E-state index < -0.39 is 12.0 Å². The number of unbranched alkanes of at least 4 members (excludes halogenated alkanes) is 4. The van der Waals surface area contributed by atoms with Crippen LogP contribution in [0.2, 0.25) is 0 Å². The maximum absolute atomic E-state index is 11.7. The number of aliphatic hydroxyl groups is 1. The van der Waals surface area contributed by atoms with Gasteiger partial charge in [0.15, 0.2) is 0 Å². The molecule has 0 spiro atoms. The van der Waals surface area contributed by atoms with Crippen molar-refractivity contribution in [1.82, 2.24) is 10.2 Å². The van der Waals surface area contributed by atoms with Gasteiger partial charge in [-0.15, -0.1) is 0 Å². The molecule has 0 rings (SSSR count). The number of rotatable bonds is 13. The van der Waals surface area contributed by atoms with Crippen LogP contribution in [0.25, 0.3) is 0 Å². The summed E-state index contributed by atoms with van der Waals surface area (Å²) in [5.41, 5.74) is 0. The van der Waals surface area contributed by atoms with Crippen molar-refractivity contribution < 1.29 is 19.8 Å². The second-order valence-corrected chi connectivity index (χ2v) is 5.33. The zero-order valence-electron chi connectivity index (χ0n) is 13.3. The Labute approximate surface area is 127 Å². The molecular formula is C15H30N2O4. The minimum Gasteiger partial charge on any atom is -0.480 e. The van der Waals surface area contributed by atoms with E-state index >= 15 is 0 Å². The number of amides is 1. The average Bonchev–Trinajstić information content (AvgIpc) is 2.46. The second kappa shape index (κ2) is 12.6. The Morgan fingerprint density at radius 1 is 1.14 bits per heavy atom. The van der Waals surface area contributed by atoms with Gasteiger partial charge in [-0.05, 0) is 19.8 Å². The molecule has 0 saturated heterocycles. The van der Waals surface area contributed by atoms with Crippen molar-refractivity contribution in [3.63, 3.8) is 0 Å². The lowest BCUT2D eigenvalue weighted by Crippen LogP contribution is -2.46. The highest BCUT2D eigenvalue weighted by atomic mass is 16.4. The van der Waals surface area contributed by atoms with Crippen LogP contribution in [0.3, 0.4) is 0 Å². The average molecular weight is 302 g/mol. The molecule has 0 bridgehead atoms. The molecule has 124 valence electrons. The van der Waals surface area contributed by atoms with Gasteiger partial charge in [0.05, 0.1) is 6.67 Å². The minimum absolute atomic E-state index is 0.00815. The van der Waals surface area contributed by atoms with Crippen LogP contribution in [0.5, 0.6) is 0 Å². The summed E-state index contributed by atoms with van der Waals surface area (Å²) >= 11 is 0. The van der Waals surface area contributed by atoms with Gasteiger partial charge in [0, 0.05) is 19.6 Å². The number of hydrogen-bond donors (Lipinski definition) is 3. The van der Waals surface area contributed by atoms with E-state index in [9.17, 15) is 9.59 Å². The van der Waals surface area contributed by atoms with E-state index in [0.29, 0.717) is 19.4 Å². The Morgan fingerprint density at radius 3 is 2.38 bits per heavy atom. The molecule has 0 aromatic rings. The summed E-state index contributed by atoms with van der Waals surface area (Å²) in [6.45, 7) is 4.39. The Balaban J connectivity index is 3.98. The van der Waals surface area contributed by atoms with Gasteiger partial charge in [-0.2, -0.15) is 0 Å². The quantitative estimate of drug-likeness (QED) is 0.355. The SMILES string of the molecule is CCCCCCCC(=O)NCN(CCCO)C(C)C(=O)O. The summed E-state index contributed by atoms with van der Waals surface area (Å²) in [4.78, 5) is 24.4. The van der Waals surface area contributed by atoms with Gasteiger partial charge in [0.25, 0.3) is 0 Å². The smallest absolute Gasteiger partial charge is 0.320 e. The van der Waals surface area contributed by atoms with E-state index in [2.05, 4.69) is 12.2 Å². The number of aliphatic hydroxyl groups excluding tert-OH is 1. The van der Waals surface area contributed by atoms with Gasteiger partial charge in [-0.25, -0.2) is 0 Å². The number of hydrogen-bond acceptors (Lipinski definition) is 4. The van der Waals surface area contributed by atoms with Crippen molar-refractivity contribution >= 4 is 11.9 Å². The first-order valence-electron chi connectivity index (χ1n) is 7.87. The van der Waals surface area contributed by atoms with Gasteiger partial charge in [0.1, 0.15) is 6.04 Å². The Bertz CT molecular complexity index is 297. The van der Waals surface area contributed by atoms with E-state index in [1.807, 2.05) is 0 Å². The molecule has 0 aliphatic carbocycles. The van der Waals surface area contributed by atoms with Crippen LogP contribution in [0.15, 0.2) is 0 Å². The van der Waals surface area contributed by atoms with Crippen molar-refractivity contribution in [2.24, 2.45) is 0 Å². The van der Waals surface area contributed by atoms with Crippen LogP contribution in [0, 0.1) is 0 Å². The summed E-state index contributed by atoms with van der Waals surface area (Å²) in [6, 6.07) is -0.679. The second-order valence-electron chi connectivity index (χ2n) is 5.33. The fourth-order valence-electron chi connectivity index (χ4n) is 2.01. The topological polar surface area (TPSA) is 89.9 Å². The predicted molar refractivity (Wildman–Crippen MR) is 81.9 cm³/mol. The Hall–Kier alpha value is -1.14. The van der Waals surface area contributed by atoms with Gasteiger partial charge in [-0.3, -0.25) is 14.5 Å².